The lowest BCUT2D eigenvalue weighted by Crippen LogP contribution is -2.42. The maximum Gasteiger partial charge on any atom is 0.573 e. The van der Waals surface area contributed by atoms with Crippen LogP contribution in [0, 0.1) is 5.92 Å². The third-order valence-electron chi connectivity index (χ3n) is 3.79. The SMILES string of the molecule is CC(C)(C)OC(=O)N1CCC(COc2cccc(OC(F)(F)F)c2)CC1. The van der Waals surface area contributed by atoms with Gasteiger partial charge in [-0.25, -0.2) is 4.79 Å². The Kier molecular flexibility index (Phi) is 6.26. The molecule has 0 aromatic heterocycles. The first-order chi connectivity index (χ1) is 12.0. The van der Waals surface area contributed by atoms with Crippen LogP contribution in [0.1, 0.15) is 33.6 Å². The van der Waals surface area contributed by atoms with Crippen molar-refractivity contribution < 1.29 is 32.2 Å². The van der Waals surface area contributed by atoms with E-state index in [1.807, 2.05) is 20.8 Å². The minimum atomic E-state index is -4.73. The monoisotopic (exact) mass is 375 g/mol. The number of hydrogen-bond donors (Lipinski definition) is 0. The van der Waals surface area contributed by atoms with E-state index in [1.165, 1.54) is 18.2 Å². The summed E-state index contributed by atoms with van der Waals surface area (Å²) in [5.41, 5.74) is -0.527. The van der Waals surface area contributed by atoms with Crippen molar-refractivity contribution in [2.75, 3.05) is 19.7 Å². The van der Waals surface area contributed by atoms with Crippen LogP contribution in [0.2, 0.25) is 0 Å². The summed E-state index contributed by atoms with van der Waals surface area (Å²) in [4.78, 5) is 13.7. The van der Waals surface area contributed by atoms with E-state index in [-0.39, 0.29) is 17.8 Å². The number of likely N-dealkylation sites (tertiary alicyclic amines) is 1. The van der Waals surface area contributed by atoms with Crippen molar-refractivity contribution in [1.82, 2.24) is 4.90 Å². The molecular weight excluding hydrogens is 351 g/mol. The second kappa shape index (κ2) is 8.05. The second-order valence-electron chi connectivity index (χ2n) is 7.24. The van der Waals surface area contributed by atoms with Gasteiger partial charge in [0.25, 0.3) is 0 Å². The molecule has 1 fully saturated rings. The van der Waals surface area contributed by atoms with E-state index in [9.17, 15) is 18.0 Å². The van der Waals surface area contributed by atoms with E-state index in [2.05, 4.69) is 4.74 Å². The van der Waals surface area contributed by atoms with Gasteiger partial charge in [-0.3, -0.25) is 0 Å². The predicted molar refractivity (Wildman–Crippen MR) is 89.2 cm³/mol. The standard InChI is InChI=1S/C18H24F3NO4/c1-17(2,3)26-16(23)22-9-7-13(8-10-22)12-24-14-5-4-6-15(11-14)25-18(19,20)21/h4-6,11,13H,7-10,12H2,1-3H3. The molecule has 1 aromatic rings. The predicted octanol–water partition coefficient (Wildman–Crippen LogP) is 4.61. The van der Waals surface area contributed by atoms with Crippen LogP contribution >= 0.6 is 0 Å². The van der Waals surface area contributed by atoms with Crippen LogP contribution in [0.4, 0.5) is 18.0 Å². The lowest BCUT2D eigenvalue weighted by molar-refractivity contribution is -0.274. The highest BCUT2D eigenvalue weighted by Gasteiger charge is 2.31. The van der Waals surface area contributed by atoms with E-state index in [0.29, 0.717) is 25.4 Å². The molecule has 26 heavy (non-hydrogen) atoms. The average Bonchev–Trinajstić information content (AvgIpc) is 2.50. The lowest BCUT2D eigenvalue weighted by Gasteiger charge is -2.33. The molecule has 8 heteroatoms. The molecular formula is C18H24F3NO4. The molecule has 0 atom stereocenters. The summed E-state index contributed by atoms with van der Waals surface area (Å²) in [7, 11) is 0. The summed E-state index contributed by atoms with van der Waals surface area (Å²) in [5, 5.41) is 0. The van der Waals surface area contributed by atoms with Crippen molar-refractivity contribution in [3.8, 4) is 11.5 Å². The number of halogens is 3. The Morgan fingerprint density at radius 2 is 1.77 bits per heavy atom. The summed E-state index contributed by atoms with van der Waals surface area (Å²) in [6.45, 7) is 6.98. The molecule has 1 heterocycles. The van der Waals surface area contributed by atoms with Crippen LogP contribution < -0.4 is 9.47 Å². The van der Waals surface area contributed by atoms with Crippen LogP contribution in [-0.2, 0) is 4.74 Å². The summed E-state index contributed by atoms with van der Waals surface area (Å²) in [6, 6.07) is 5.46. The Bertz CT molecular complexity index is 605. The molecule has 0 bridgehead atoms. The molecule has 0 radical (unpaired) electrons. The van der Waals surface area contributed by atoms with Gasteiger partial charge in [0.1, 0.15) is 17.1 Å². The van der Waals surface area contributed by atoms with Gasteiger partial charge in [0.05, 0.1) is 6.61 Å². The molecule has 0 saturated carbocycles. The van der Waals surface area contributed by atoms with E-state index in [4.69, 9.17) is 9.47 Å². The molecule has 2 rings (SSSR count). The van der Waals surface area contributed by atoms with Gasteiger partial charge in [0.15, 0.2) is 0 Å². The smallest absolute Gasteiger partial charge is 0.493 e. The van der Waals surface area contributed by atoms with Crippen molar-refractivity contribution in [3.63, 3.8) is 0 Å². The average molecular weight is 375 g/mol. The molecule has 1 aromatic carbocycles. The lowest BCUT2D eigenvalue weighted by atomic mass is 9.98. The normalized spacial score (nSPS) is 16.3. The zero-order valence-electron chi connectivity index (χ0n) is 15.1. The third kappa shape index (κ3) is 7.01. The molecule has 1 aliphatic rings. The first-order valence-corrected chi connectivity index (χ1v) is 8.48. The Labute approximate surface area is 151 Å². The number of ether oxygens (including phenoxy) is 3. The number of hydrogen-bond acceptors (Lipinski definition) is 4. The van der Waals surface area contributed by atoms with E-state index < -0.39 is 12.0 Å². The van der Waals surface area contributed by atoms with Crippen molar-refractivity contribution in [1.29, 1.82) is 0 Å². The Morgan fingerprint density at radius 3 is 2.35 bits per heavy atom. The van der Waals surface area contributed by atoms with Gasteiger partial charge in [0.2, 0.25) is 0 Å². The molecule has 0 aliphatic carbocycles. The fraction of sp³-hybridized carbons (Fsp3) is 0.611. The van der Waals surface area contributed by atoms with Crippen LogP contribution in [0.5, 0.6) is 11.5 Å². The largest absolute Gasteiger partial charge is 0.573 e. The van der Waals surface area contributed by atoms with Gasteiger partial charge in [-0.1, -0.05) is 6.07 Å². The number of amides is 1. The van der Waals surface area contributed by atoms with Crippen LogP contribution in [0.15, 0.2) is 24.3 Å². The number of benzene rings is 1. The molecule has 1 aliphatic heterocycles. The number of carbonyl (C=O) groups excluding carboxylic acids is 1. The molecule has 146 valence electrons. The summed E-state index contributed by atoms with van der Waals surface area (Å²) in [6.07, 6.45) is -3.56. The first-order valence-electron chi connectivity index (χ1n) is 8.48. The molecule has 1 saturated heterocycles. The maximum atomic E-state index is 12.2. The molecule has 0 N–H and O–H groups in total. The quantitative estimate of drug-likeness (QED) is 0.771. The van der Waals surface area contributed by atoms with Crippen molar-refractivity contribution in [2.24, 2.45) is 5.92 Å². The molecule has 5 nitrogen and oxygen atoms in total. The van der Waals surface area contributed by atoms with Gasteiger partial charge in [-0.05, 0) is 51.7 Å². The van der Waals surface area contributed by atoms with Gasteiger partial charge >= 0.3 is 12.5 Å². The van der Waals surface area contributed by atoms with Gasteiger partial charge in [0, 0.05) is 19.2 Å². The minimum absolute atomic E-state index is 0.223. The minimum Gasteiger partial charge on any atom is -0.493 e. The fourth-order valence-corrected chi connectivity index (χ4v) is 2.58. The molecule has 0 spiro atoms. The second-order valence-corrected chi connectivity index (χ2v) is 7.24. The fourth-order valence-electron chi connectivity index (χ4n) is 2.58. The highest BCUT2D eigenvalue weighted by molar-refractivity contribution is 5.68. The number of carbonyl (C=O) groups is 1. The van der Waals surface area contributed by atoms with E-state index in [1.54, 1.807) is 11.0 Å². The first kappa shape index (κ1) is 20.2. The van der Waals surface area contributed by atoms with E-state index >= 15 is 0 Å². The molecule has 0 unspecified atom stereocenters. The van der Waals surface area contributed by atoms with Gasteiger partial charge < -0.3 is 19.1 Å². The van der Waals surface area contributed by atoms with Crippen LogP contribution in [0.25, 0.3) is 0 Å². The van der Waals surface area contributed by atoms with Crippen molar-refractivity contribution in [3.05, 3.63) is 24.3 Å². The van der Waals surface area contributed by atoms with Crippen molar-refractivity contribution >= 4 is 6.09 Å². The Balaban J connectivity index is 1.78. The zero-order valence-corrected chi connectivity index (χ0v) is 15.1. The van der Waals surface area contributed by atoms with Crippen LogP contribution in [-0.4, -0.2) is 42.7 Å². The maximum absolute atomic E-state index is 12.2. The summed E-state index contributed by atoms with van der Waals surface area (Å²) < 4.78 is 51.6. The van der Waals surface area contributed by atoms with Gasteiger partial charge in [-0.15, -0.1) is 13.2 Å². The van der Waals surface area contributed by atoms with Gasteiger partial charge in [-0.2, -0.15) is 0 Å². The highest BCUT2D eigenvalue weighted by Crippen LogP contribution is 2.27. The van der Waals surface area contributed by atoms with Crippen molar-refractivity contribution in [2.45, 2.75) is 45.6 Å². The summed E-state index contributed by atoms with van der Waals surface area (Å²) in [5.74, 6) is 0.233. The molecule has 1 amide bonds. The highest BCUT2D eigenvalue weighted by atomic mass is 19.4. The third-order valence-corrected chi connectivity index (χ3v) is 3.79. The summed E-state index contributed by atoms with van der Waals surface area (Å²) >= 11 is 0. The number of nitrogens with zero attached hydrogens (tertiary/aromatic N) is 1. The Morgan fingerprint density at radius 1 is 1.15 bits per heavy atom. The topological polar surface area (TPSA) is 48.0 Å². The van der Waals surface area contributed by atoms with E-state index in [0.717, 1.165) is 12.8 Å². The number of alkyl halides is 3. The zero-order chi connectivity index (χ0) is 19.4. The Hall–Kier alpha value is -2.12. The number of piperidine rings is 1. The van der Waals surface area contributed by atoms with Crippen LogP contribution in [0.3, 0.4) is 0 Å². The number of rotatable bonds is 4.